The molecule has 27 heavy (non-hydrogen) atoms. The minimum atomic E-state index is 0.495. The zero-order valence-electron chi connectivity index (χ0n) is 14.8. The first kappa shape index (κ1) is 18.8. The van der Waals surface area contributed by atoms with E-state index < -0.39 is 0 Å². The summed E-state index contributed by atoms with van der Waals surface area (Å²) in [5.41, 5.74) is 5.43. The largest absolute Gasteiger partial charge is 0.316 e. The molecule has 0 saturated heterocycles. The Morgan fingerprint density at radius 1 is 1.04 bits per heavy atom. The van der Waals surface area contributed by atoms with Crippen molar-refractivity contribution in [2.24, 2.45) is 0 Å². The third-order valence-electron chi connectivity index (χ3n) is 4.34. The molecule has 0 aliphatic carbocycles. The predicted molar refractivity (Wildman–Crippen MR) is 110 cm³/mol. The molecule has 0 fully saturated rings. The Bertz CT molecular complexity index is 1140. The molecule has 3 nitrogen and oxygen atoms in total. The van der Waals surface area contributed by atoms with Gasteiger partial charge in [-0.2, -0.15) is 10.5 Å². The third kappa shape index (κ3) is 3.76. The molecule has 0 amide bonds. The van der Waals surface area contributed by atoms with Gasteiger partial charge in [-0.15, -0.1) is 0 Å². The molecule has 2 aromatic carbocycles. The number of rotatable bonds is 3. The van der Waals surface area contributed by atoms with Crippen molar-refractivity contribution in [1.29, 1.82) is 10.5 Å². The van der Waals surface area contributed by atoms with Crippen molar-refractivity contribution < 1.29 is 0 Å². The van der Waals surface area contributed by atoms with Gasteiger partial charge in [0.15, 0.2) is 0 Å². The second-order valence-electron chi connectivity index (χ2n) is 6.12. The Balaban J connectivity index is 2.12. The molecule has 132 valence electrons. The van der Waals surface area contributed by atoms with Crippen LogP contribution < -0.4 is 0 Å². The van der Waals surface area contributed by atoms with E-state index in [9.17, 15) is 5.26 Å². The van der Waals surface area contributed by atoms with Crippen molar-refractivity contribution in [3.63, 3.8) is 0 Å². The molecular formula is C22H15Cl2N3. The van der Waals surface area contributed by atoms with Gasteiger partial charge in [0.2, 0.25) is 0 Å². The predicted octanol–water partition coefficient (Wildman–Crippen LogP) is 6.34. The minimum absolute atomic E-state index is 0.495. The van der Waals surface area contributed by atoms with Gasteiger partial charge in [0.25, 0.3) is 0 Å². The highest BCUT2D eigenvalue weighted by molar-refractivity contribution is 6.35. The van der Waals surface area contributed by atoms with Crippen molar-refractivity contribution in [2.45, 2.75) is 13.8 Å². The first-order valence-electron chi connectivity index (χ1n) is 8.21. The van der Waals surface area contributed by atoms with Gasteiger partial charge in [-0.05, 0) is 67.4 Å². The number of aryl methyl sites for hydroxylation is 1. The molecular weight excluding hydrogens is 377 g/mol. The van der Waals surface area contributed by atoms with Crippen LogP contribution >= 0.6 is 23.2 Å². The van der Waals surface area contributed by atoms with Gasteiger partial charge in [0.1, 0.15) is 0 Å². The van der Waals surface area contributed by atoms with E-state index >= 15 is 0 Å². The summed E-state index contributed by atoms with van der Waals surface area (Å²) in [5, 5.41) is 19.8. The lowest BCUT2D eigenvalue weighted by atomic mass is 10.0. The second kappa shape index (κ2) is 7.72. The van der Waals surface area contributed by atoms with E-state index in [0.29, 0.717) is 26.7 Å². The number of aromatic nitrogens is 1. The van der Waals surface area contributed by atoms with Gasteiger partial charge >= 0.3 is 0 Å². The number of allylic oxidation sites excluding steroid dienone is 1. The topological polar surface area (TPSA) is 52.5 Å². The molecule has 1 aromatic heterocycles. The highest BCUT2D eigenvalue weighted by atomic mass is 35.5. The number of hydrogen-bond donors (Lipinski definition) is 0. The fourth-order valence-corrected chi connectivity index (χ4v) is 3.55. The highest BCUT2D eigenvalue weighted by Gasteiger charge is 2.13. The lowest BCUT2D eigenvalue weighted by Crippen LogP contribution is -2.00. The van der Waals surface area contributed by atoms with Crippen LogP contribution in [-0.2, 0) is 0 Å². The second-order valence-corrected chi connectivity index (χ2v) is 6.96. The van der Waals surface area contributed by atoms with Gasteiger partial charge in [0, 0.05) is 16.4 Å². The van der Waals surface area contributed by atoms with Crippen molar-refractivity contribution in [3.8, 4) is 17.8 Å². The molecule has 3 rings (SSSR count). The summed E-state index contributed by atoms with van der Waals surface area (Å²) < 4.78 is 2.03. The van der Waals surface area contributed by atoms with Gasteiger partial charge in [-0.25, -0.2) is 0 Å². The smallest absolute Gasteiger partial charge is 0.0998 e. The van der Waals surface area contributed by atoms with Crippen LogP contribution in [-0.4, -0.2) is 4.57 Å². The third-order valence-corrected chi connectivity index (χ3v) is 4.88. The van der Waals surface area contributed by atoms with E-state index in [1.165, 1.54) is 0 Å². The van der Waals surface area contributed by atoms with E-state index in [4.69, 9.17) is 28.5 Å². The Morgan fingerprint density at radius 2 is 1.81 bits per heavy atom. The van der Waals surface area contributed by atoms with Crippen LogP contribution in [0.5, 0.6) is 0 Å². The van der Waals surface area contributed by atoms with Gasteiger partial charge in [-0.1, -0.05) is 35.3 Å². The summed E-state index contributed by atoms with van der Waals surface area (Å²) in [6, 6.07) is 18.7. The normalized spacial score (nSPS) is 11.1. The van der Waals surface area contributed by atoms with Crippen molar-refractivity contribution in [3.05, 3.63) is 86.7 Å². The van der Waals surface area contributed by atoms with E-state index in [2.05, 4.69) is 12.1 Å². The number of hydrogen-bond acceptors (Lipinski definition) is 2. The van der Waals surface area contributed by atoms with Crippen LogP contribution in [0.2, 0.25) is 10.0 Å². The van der Waals surface area contributed by atoms with Crippen molar-refractivity contribution in [2.75, 3.05) is 0 Å². The lowest BCUT2D eigenvalue weighted by Gasteiger charge is -2.12. The molecule has 0 unspecified atom stereocenters. The fraction of sp³-hybridized carbons (Fsp3) is 0.0909. The molecule has 0 N–H and O–H groups in total. The Morgan fingerprint density at radius 3 is 2.48 bits per heavy atom. The molecule has 0 saturated carbocycles. The monoisotopic (exact) mass is 391 g/mol. The van der Waals surface area contributed by atoms with Crippen LogP contribution in [0.4, 0.5) is 0 Å². The van der Waals surface area contributed by atoms with E-state index in [0.717, 1.165) is 22.6 Å². The van der Waals surface area contributed by atoms with Crippen LogP contribution in [0.3, 0.4) is 0 Å². The number of nitrogens with zero attached hydrogens (tertiary/aromatic N) is 3. The summed E-state index contributed by atoms with van der Waals surface area (Å²) in [6.45, 7) is 3.96. The first-order valence-corrected chi connectivity index (χ1v) is 8.97. The minimum Gasteiger partial charge on any atom is -0.316 e. The Labute approximate surface area is 168 Å². The average molecular weight is 392 g/mol. The quantitative estimate of drug-likeness (QED) is 0.489. The average Bonchev–Trinajstić information content (AvgIpc) is 2.93. The van der Waals surface area contributed by atoms with E-state index in [1.807, 2.05) is 42.7 Å². The van der Waals surface area contributed by atoms with Crippen LogP contribution in [0.1, 0.15) is 28.1 Å². The molecule has 0 aliphatic heterocycles. The highest BCUT2D eigenvalue weighted by Crippen LogP contribution is 2.30. The van der Waals surface area contributed by atoms with E-state index in [1.54, 1.807) is 30.3 Å². The fourth-order valence-electron chi connectivity index (χ4n) is 3.06. The summed E-state index contributed by atoms with van der Waals surface area (Å²) >= 11 is 12.4. The first-order chi connectivity index (χ1) is 12.9. The summed E-state index contributed by atoms with van der Waals surface area (Å²) in [4.78, 5) is 0. The maximum Gasteiger partial charge on any atom is 0.0998 e. The van der Waals surface area contributed by atoms with E-state index in [-0.39, 0.29) is 0 Å². The summed E-state index contributed by atoms with van der Waals surface area (Å²) in [7, 11) is 0. The zero-order chi connectivity index (χ0) is 19.6. The summed E-state index contributed by atoms with van der Waals surface area (Å²) in [5.74, 6) is 0. The van der Waals surface area contributed by atoms with Crippen LogP contribution in [0.25, 0.3) is 17.3 Å². The molecule has 0 radical (unpaired) electrons. The lowest BCUT2D eigenvalue weighted by molar-refractivity contribution is 0.965. The van der Waals surface area contributed by atoms with Gasteiger partial charge < -0.3 is 4.57 Å². The van der Waals surface area contributed by atoms with Gasteiger partial charge in [0.05, 0.1) is 34.0 Å². The Kier molecular flexibility index (Phi) is 5.38. The standard InChI is InChI=1S/C22H15Cl2N3/c1-14-8-18(10-19(13-26)17-5-3-4-16(9-17)12-25)15(2)27(14)22-7-6-20(23)11-21(22)24/h3-11H,1-2H3/b19-10-. The van der Waals surface area contributed by atoms with Crippen LogP contribution in [0.15, 0.2) is 48.5 Å². The number of nitriles is 2. The molecule has 0 bridgehead atoms. The molecule has 0 spiro atoms. The van der Waals surface area contributed by atoms with Crippen LogP contribution in [0, 0.1) is 36.5 Å². The molecule has 1 heterocycles. The summed E-state index contributed by atoms with van der Waals surface area (Å²) in [6.07, 6.45) is 1.83. The van der Waals surface area contributed by atoms with Crippen molar-refractivity contribution >= 4 is 34.9 Å². The van der Waals surface area contributed by atoms with Gasteiger partial charge in [-0.3, -0.25) is 0 Å². The molecule has 0 aliphatic rings. The maximum absolute atomic E-state index is 9.62. The molecule has 3 aromatic rings. The van der Waals surface area contributed by atoms with Crippen molar-refractivity contribution in [1.82, 2.24) is 4.57 Å². The number of halogens is 2. The SMILES string of the molecule is Cc1cc(/C=C(/C#N)c2cccc(C#N)c2)c(C)n1-c1ccc(Cl)cc1Cl. The number of benzene rings is 2. The molecule has 5 heteroatoms. The zero-order valence-corrected chi connectivity index (χ0v) is 16.3. The maximum atomic E-state index is 9.62. The molecule has 0 atom stereocenters. The Hall–Kier alpha value is -2.98.